The zero-order valence-corrected chi connectivity index (χ0v) is 17.7. The van der Waals surface area contributed by atoms with Crippen molar-refractivity contribution >= 4 is 23.2 Å². The molecule has 1 unspecified atom stereocenters. The second-order valence-electron chi connectivity index (χ2n) is 6.82. The van der Waals surface area contributed by atoms with E-state index in [1.165, 1.54) is 0 Å². The second kappa shape index (κ2) is 11.1. The molecule has 0 bridgehead atoms. The molecular formula is C23H31N3O3. The van der Waals surface area contributed by atoms with Crippen LogP contribution in [-0.4, -0.2) is 42.5 Å². The smallest absolute Gasteiger partial charge is 0.253 e. The van der Waals surface area contributed by atoms with E-state index >= 15 is 0 Å². The number of rotatable bonds is 10. The Hall–Kier alpha value is -3.02. The first-order valence-corrected chi connectivity index (χ1v) is 10.2. The lowest BCUT2D eigenvalue weighted by Gasteiger charge is -2.19. The van der Waals surface area contributed by atoms with Gasteiger partial charge in [-0.1, -0.05) is 19.1 Å². The molecule has 2 N–H and O–H groups in total. The van der Waals surface area contributed by atoms with E-state index in [2.05, 4.69) is 17.6 Å². The van der Waals surface area contributed by atoms with E-state index in [-0.39, 0.29) is 24.5 Å². The van der Waals surface area contributed by atoms with Gasteiger partial charge in [-0.2, -0.15) is 0 Å². The summed E-state index contributed by atoms with van der Waals surface area (Å²) in [6.45, 7) is 9.40. The molecule has 0 saturated heterocycles. The fourth-order valence-electron chi connectivity index (χ4n) is 2.81. The highest BCUT2D eigenvalue weighted by molar-refractivity contribution is 5.96. The number of benzene rings is 2. The molecule has 6 nitrogen and oxygen atoms in total. The lowest BCUT2D eigenvalue weighted by molar-refractivity contribution is -0.114. The zero-order valence-electron chi connectivity index (χ0n) is 17.7. The lowest BCUT2D eigenvalue weighted by Crippen LogP contribution is -2.30. The van der Waals surface area contributed by atoms with Crippen molar-refractivity contribution in [2.24, 2.45) is 0 Å². The fourth-order valence-corrected chi connectivity index (χ4v) is 2.81. The minimum Gasteiger partial charge on any atom is -0.491 e. The molecule has 2 aromatic carbocycles. The quantitative estimate of drug-likeness (QED) is 0.623. The zero-order chi connectivity index (χ0) is 21.2. The van der Waals surface area contributed by atoms with Gasteiger partial charge in [-0.05, 0) is 57.5 Å². The van der Waals surface area contributed by atoms with Crippen LogP contribution in [0.1, 0.15) is 44.5 Å². The SMILES string of the molecule is CCC(C)Oc1cccc(NC(=O)CNc2cccc(C(=O)N(CC)CC)c2)c1. The van der Waals surface area contributed by atoms with Crippen molar-refractivity contribution in [1.82, 2.24) is 4.90 Å². The number of hydrogen-bond acceptors (Lipinski definition) is 4. The second-order valence-corrected chi connectivity index (χ2v) is 6.82. The molecule has 6 heteroatoms. The van der Waals surface area contributed by atoms with E-state index in [9.17, 15) is 9.59 Å². The molecule has 0 radical (unpaired) electrons. The molecule has 29 heavy (non-hydrogen) atoms. The van der Waals surface area contributed by atoms with Crippen LogP contribution in [0, 0.1) is 0 Å². The van der Waals surface area contributed by atoms with Crippen molar-refractivity contribution in [1.29, 1.82) is 0 Å². The summed E-state index contributed by atoms with van der Waals surface area (Å²) in [6, 6.07) is 14.6. The van der Waals surface area contributed by atoms with Crippen LogP contribution in [0.4, 0.5) is 11.4 Å². The molecule has 2 aromatic rings. The van der Waals surface area contributed by atoms with Crippen LogP contribution < -0.4 is 15.4 Å². The molecule has 0 aliphatic heterocycles. The number of amides is 2. The molecule has 0 saturated carbocycles. The molecule has 2 amide bonds. The Balaban J connectivity index is 1.93. The average Bonchev–Trinajstić information content (AvgIpc) is 2.73. The van der Waals surface area contributed by atoms with Gasteiger partial charge in [0.05, 0.1) is 12.6 Å². The van der Waals surface area contributed by atoms with E-state index in [4.69, 9.17) is 4.74 Å². The first-order valence-electron chi connectivity index (χ1n) is 10.2. The van der Waals surface area contributed by atoms with Crippen LogP contribution in [0.5, 0.6) is 5.75 Å². The largest absolute Gasteiger partial charge is 0.491 e. The van der Waals surface area contributed by atoms with Gasteiger partial charge >= 0.3 is 0 Å². The maximum Gasteiger partial charge on any atom is 0.253 e. The molecule has 0 fully saturated rings. The van der Waals surface area contributed by atoms with Gasteiger partial charge in [0, 0.05) is 36.1 Å². The van der Waals surface area contributed by atoms with Gasteiger partial charge in [0.1, 0.15) is 5.75 Å². The van der Waals surface area contributed by atoms with E-state index in [0.717, 1.165) is 17.9 Å². The van der Waals surface area contributed by atoms with Crippen LogP contribution >= 0.6 is 0 Å². The summed E-state index contributed by atoms with van der Waals surface area (Å²) in [4.78, 5) is 26.5. The van der Waals surface area contributed by atoms with Crippen LogP contribution in [0.3, 0.4) is 0 Å². The molecule has 0 aliphatic carbocycles. The van der Waals surface area contributed by atoms with Crippen molar-refractivity contribution in [3.8, 4) is 5.75 Å². The topological polar surface area (TPSA) is 70.7 Å². The van der Waals surface area contributed by atoms with Crippen LogP contribution in [-0.2, 0) is 4.79 Å². The Morgan fingerprint density at radius 2 is 1.69 bits per heavy atom. The molecule has 0 spiro atoms. The van der Waals surface area contributed by atoms with Crippen molar-refractivity contribution in [2.45, 2.75) is 40.2 Å². The molecule has 0 aliphatic rings. The molecule has 1 atom stereocenters. The predicted octanol–water partition coefficient (Wildman–Crippen LogP) is 4.40. The van der Waals surface area contributed by atoms with Crippen LogP contribution in [0.2, 0.25) is 0 Å². The fraction of sp³-hybridized carbons (Fsp3) is 0.391. The maximum atomic E-state index is 12.5. The summed E-state index contributed by atoms with van der Waals surface area (Å²) >= 11 is 0. The summed E-state index contributed by atoms with van der Waals surface area (Å²) in [6.07, 6.45) is 1.03. The Labute approximate surface area is 173 Å². The van der Waals surface area contributed by atoms with Gasteiger partial charge in [-0.3, -0.25) is 9.59 Å². The summed E-state index contributed by atoms with van der Waals surface area (Å²) in [5, 5.41) is 5.94. The number of carbonyl (C=O) groups is 2. The highest BCUT2D eigenvalue weighted by Gasteiger charge is 2.13. The monoisotopic (exact) mass is 397 g/mol. The molecule has 0 heterocycles. The normalized spacial score (nSPS) is 11.4. The number of nitrogens with one attached hydrogen (secondary N) is 2. The van der Waals surface area contributed by atoms with Gasteiger partial charge in [-0.25, -0.2) is 0 Å². The summed E-state index contributed by atoms with van der Waals surface area (Å²) < 4.78 is 5.79. The van der Waals surface area contributed by atoms with E-state index < -0.39 is 0 Å². The van der Waals surface area contributed by atoms with E-state index in [1.54, 1.807) is 17.0 Å². The van der Waals surface area contributed by atoms with Gasteiger partial charge in [0.15, 0.2) is 0 Å². The molecular weight excluding hydrogens is 366 g/mol. The summed E-state index contributed by atoms with van der Waals surface area (Å²) in [5.74, 6) is 0.542. The molecule has 156 valence electrons. The third-order valence-electron chi connectivity index (χ3n) is 4.64. The summed E-state index contributed by atoms with van der Waals surface area (Å²) in [7, 11) is 0. The van der Waals surface area contributed by atoms with Crippen LogP contribution in [0.25, 0.3) is 0 Å². The first kappa shape index (κ1) is 22.3. The average molecular weight is 398 g/mol. The number of carbonyl (C=O) groups excluding carboxylic acids is 2. The summed E-state index contributed by atoms with van der Waals surface area (Å²) in [5.41, 5.74) is 2.02. The third-order valence-corrected chi connectivity index (χ3v) is 4.64. The molecule has 0 aromatic heterocycles. The standard InChI is InChI=1S/C23H31N3O3/c1-5-17(4)29-21-13-9-12-20(15-21)25-22(27)16-24-19-11-8-10-18(14-19)23(28)26(6-2)7-3/h8-15,17,24H,5-7,16H2,1-4H3,(H,25,27). The number of ether oxygens (including phenoxy) is 1. The highest BCUT2D eigenvalue weighted by Crippen LogP contribution is 2.19. The number of nitrogens with zero attached hydrogens (tertiary/aromatic N) is 1. The van der Waals surface area contributed by atoms with Crippen molar-refractivity contribution < 1.29 is 14.3 Å². The van der Waals surface area contributed by atoms with Crippen molar-refractivity contribution in [3.05, 3.63) is 54.1 Å². The lowest BCUT2D eigenvalue weighted by atomic mass is 10.1. The molecule has 2 rings (SSSR count). The first-order chi connectivity index (χ1) is 14.0. The Kier molecular flexibility index (Phi) is 8.52. The Morgan fingerprint density at radius 3 is 2.38 bits per heavy atom. The van der Waals surface area contributed by atoms with Crippen molar-refractivity contribution in [2.75, 3.05) is 30.3 Å². The number of anilines is 2. The third kappa shape index (κ3) is 6.82. The van der Waals surface area contributed by atoms with Gasteiger partial charge in [0.25, 0.3) is 5.91 Å². The van der Waals surface area contributed by atoms with Gasteiger partial charge < -0.3 is 20.3 Å². The van der Waals surface area contributed by atoms with Gasteiger partial charge in [0.2, 0.25) is 5.91 Å². The van der Waals surface area contributed by atoms with E-state index in [1.807, 2.05) is 57.2 Å². The maximum absolute atomic E-state index is 12.5. The minimum atomic E-state index is -0.175. The highest BCUT2D eigenvalue weighted by atomic mass is 16.5. The Morgan fingerprint density at radius 1 is 1.00 bits per heavy atom. The Bertz CT molecular complexity index is 819. The van der Waals surface area contributed by atoms with E-state index in [0.29, 0.717) is 24.3 Å². The predicted molar refractivity (Wildman–Crippen MR) is 118 cm³/mol. The number of hydrogen-bond donors (Lipinski definition) is 2. The van der Waals surface area contributed by atoms with Crippen molar-refractivity contribution in [3.63, 3.8) is 0 Å². The minimum absolute atomic E-state index is 0.0128. The van der Waals surface area contributed by atoms with Gasteiger partial charge in [-0.15, -0.1) is 0 Å². The van der Waals surface area contributed by atoms with Crippen LogP contribution in [0.15, 0.2) is 48.5 Å².